The second kappa shape index (κ2) is 17.2. The van der Waals surface area contributed by atoms with Crippen molar-refractivity contribution in [3.8, 4) is 0 Å². The molecule has 0 aliphatic heterocycles. The number of unbranched alkanes of at least 4 members (excludes halogenated alkanes) is 9. The van der Waals surface area contributed by atoms with Gasteiger partial charge in [0, 0.05) is 0 Å². The van der Waals surface area contributed by atoms with Crippen LogP contribution in [-0.2, 0) is 4.52 Å². The Morgan fingerprint density at radius 2 is 1.07 bits per heavy atom. The minimum absolute atomic E-state index is 0.343. The van der Waals surface area contributed by atoms with E-state index in [9.17, 15) is 9.79 Å². The first-order chi connectivity index (χ1) is 12.8. The van der Waals surface area contributed by atoms with E-state index in [2.05, 4.69) is 34.6 Å². The third-order valence-corrected chi connectivity index (χ3v) is 6.17. The molecule has 0 aromatic heterocycles. The Bertz CT molecular complexity index is 307. The van der Waals surface area contributed by atoms with Crippen LogP contribution in [0.15, 0.2) is 0 Å². The lowest BCUT2D eigenvalue weighted by Crippen LogP contribution is -2.32. The minimum atomic E-state index is -2.29. The average Bonchev–Trinajstić information content (AvgIpc) is 2.59. The van der Waals surface area contributed by atoms with Gasteiger partial charge in [0.05, 0.1) is 5.60 Å². The molecule has 0 heterocycles. The molecule has 0 aliphatic carbocycles. The van der Waals surface area contributed by atoms with E-state index in [1.165, 1.54) is 57.8 Å². The van der Waals surface area contributed by atoms with Crippen LogP contribution in [0.25, 0.3) is 0 Å². The van der Waals surface area contributed by atoms with Gasteiger partial charge in [-0.1, -0.05) is 98.8 Å². The van der Waals surface area contributed by atoms with Crippen LogP contribution >= 0.6 is 8.60 Å². The van der Waals surface area contributed by atoms with Crippen molar-refractivity contribution in [3.05, 3.63) is 0 Å². The molecule has 0 aliphatic rings. The lowest BCUT2D eigenvalue weighted by Gasteiger charge is -2.35. The van der Waals surface area contributed by atoms with Gasteiger partial charge in [0.15, 0.2) is 0 Å². The summed E-state index contributed by atoms with van der Waals surface area (Å²) in [5.74, 6) is 1.23. The molecular formula is C23H49O3P. The van der Waals surface area contributed by atoms with E-state index < -0.39 is 8.60 Å². The van der Waals surface area contributed by atoms with E-state index in [1.54, 1.807) is 0 Å². The van der Waals surface area contributed by atoms with Gasteiger partial charge in [-0.05, 0) is 43.9 Å². The highest BCUT2D eigenvalue weighted by Gasteiger charge is 2.33. The maximum Gasteiger partial charge on any atom is 0.327 e. The van der Waals surface area contributed by atoms with Gasteiger partial charge in [0.1, 0.15) is 0 Å². The lowest BCUT2D eigenvalue weighted by atomic mass is 9.83. The molecular weight excluding hydrogens is 355 g/mol. The third kappa shape index (κ3) is 16.9. The van der Waals surface area contributed by atoms with Crippen molar-refractivity contribution in [2.45, 2.75) is 137 Å². The van der Waals surface area contributed by atoms with Crippen molar-refractivity contribution >= 4 is 8.60 Å². The standard InChI is InChI=1S/C23H49O3P/c1-6-7-8-9-10-11-12-13-14-15-18-23(26-27(24)25,19-16-21(2)3)20-17-22(4)5/h21-22,24-25H,6-20H2,1-5H3. The topological polar surface area (TPSA) is 49.7 Å². The molecule has 0 unspecified atom stereocenters. The summed E-state index contributed by atoms with van der Waals surface area (Å²) in [4.78, 5) is 19.2. The minimum Gasteiger partial charge on any atom is -0.328 e. The summed E-state index contributed by atoms with van der Waals surface area (Å²) in [6.07, 6.45) is 18.3. The first kappa shape index (κ1) is 27.3. The molecule has 164 valence electrons. The van der Waals surface area contributed by atoms with E-state index in [-0.39, 0.29) is 5.60 Å². The fraction of sp³-hybridized carbons (Fsp3) is 1.00. The van der Waals surface area contributed by atoms with Gasteiger partial charge in [-0.25, -0.2) is 0 Å². The molecule has 0 amide bonds. The highest BCUT2D eigenvalue weighted by Crippen LogP contribution is 2.42. The van der Waals surface area contributed by atoms with Crippen LogP contribution in [0.4, 0.5) is 0 Å². The first-order valence-electron chi connectivity index (χ1n) is 11.7. The summed E-state index contributed by atoms with van der Waals surface area (Å²) >= 11 is 0. The predicted octanol–water partition coefficient (Wildman–Crippen LogP) is 8.14. The Hall–Kier alpha value is 0.310. The third-order valence-electron chi connectivity index (χ3n) is 5.62. The highest BCUT2D eigenvalue weighted by atomic mass is 31.2. The maximum atomic E-state index is 9.58. The van der Waals surface area contributed by atoms with E-state index in [0.29, 0.717) is 11.8 Å². The molecule has 2 N–H and O–H groups in total. The SMILES string of the molecule is CCCCCCCCCCCCC(CCC(C)C)(CCC(C)C)OP(O)O. The van der Waals surface area contributed by atoms with Gasteiger partial charge in [-0.15, -0.1) is 0 Å². The van der Waals surface area contributed by atoms with Crippen molar-refractivity contribution < 1.29 is 14.3 Å². The molecule has 0 aromatic rings. The maximum absolute atomic E-state index is 9.58. The summed E-state index contributed by atoms with van der Waals surface area (Å²) in [6, 6.07) is 0. The van der Waals surface area contributed by atoms with Crippen molar-refractivity contribution in [1.82, 2.24) is 0 Å². The summed E-state index contributed by atoms with van der Waals surface area (Å²) in [6.45, 7) is 11.2. The Morgan fingerprint density at radius 3 is 1.44 bits per heavy atom. The van der Waals surface area contributed by atoms with Gasteiger partial charge in [0.25, 0.3) is 0 Å². The fourth-order valence-corrected chi connectivity index (χ4v) is 4.34. The quantitative estimate of drug-likeness (QED) is 0.169. The molecule has 27 heavy (non-hydrogen) atoms. The summed E-state index contributed by atoms with van der Waals surface area (Å²) in [5.41, 5.74) is -0.343. The molecule has 0 saturated heterocycles. The monoisotopic (exact) mass is 404 g/mol. The average molecular weight is 405 g/mol. The van der Waals surface area contributed by atoms with Gasteiger partial charge < -0.3 is 14.3 Å². The number of rotatable bonds is 19. The van der Waals surface area contributed by atoms with Gasteiger partial charge in [-0.2, -0.15) is 0 Å². The van der Waals surface area contributed by atoms with Crippen molar-refractivity contribution in [2.24, 2.45) is 11.8 Å². The largest absolute Gasteiger partial charge is 0.328 e. The van der Waals surface area contributed by atoms with Crippen LogP contribution in [0.2, 0.25) is 0 Å². The molecule has 0 saturated carbocycles. The van der Waals surface area contributed by atoms with Crippen LogP contribution in [0.1, 0.15) is 131 Å². The van der Waals surface area contributed by atoms with E-state index in [0.717, 1.165) is 38.5 Å². The van der Waals surface area contributed by atoms with Gasteiger partial charge in [0.2, 0.25) is 0 Å². The molecule has 0 bridgehead atoms. The fourth-order valence-electron chi connectivity index (χ4n) is 3.72. The van der Waals surface area contributed by atoms with E-state index >= 15 is 0 Å². The summed E-state index contributed by atoms with van der Waals surface area (Å²) < 4.78 is 5.80. The molecule has 4 heteroatoms. The molecule has 0 atom stereocenters. The summed E-state index contributed by atoms with van der Waals surface area (Å²) in [5, 5.41) is 0. The van der Waals surface area contributed by atoms with Crippen LogP contribution in [0.5, 0.6) is 0 Å². The predicted molar refractivity (Wildman–Crippen MR) is 120 cm³/mol. The summed E-state index contributed by atoms with van der Waals surface area (Å²) in [7, 11) is -2.29. The zero-order valence-electron chi connectivity index (χ0n) is 19.0. The second-order valence-electron chi connectivity index (χ2n) is 9.32. The van der Waals surface area contributed by atoms with E-state index in [1.807, 2.05) is 0 Å². The van der Waals surface area contributed by atoms with Crippen LogP contribution in [0.3, 0.4) is 0 Å². The van der Waals surface area contributed by atoms with Crippen LogP contribution in [0, 0.1) is 11.8 Å². The zero-order chi connectivity index (χ0) is 20.5. The van der Waals surface area contributed by atoms with Crippen LogP contribution < -0.4 is 0 Å². The second-order valence-corrected chi connectivity index (χ2v) is 10.0. The smallest absolute Gasteiger partial charge is 0.327 e. The Kier molecular flexibility index (Phi) is 17.4. The Balaban J connectivity index is 4.30. The molecule has 0 rings (SSSR count). The van der Waals surface area contributed by atoms with Crippen molar-refractivity contribution in [1.29, 1.82) is 0 Å². The Morgan fingerprint density at radius 1 is 0.667 bits per heavy atom. The molecule has 0 fully saturated rings. The Labute approximate surface area is 171 Å². The van der Waals surface area contributed by atoms with Crippen LogP contribution in [-0.4, -0.2) is 15.4 Å². The molecule has 0 aromatic carbocycles. The van der Waals surface area contributed by atoms with Crippen molar-refractivity contribution in [3.63, 3.8) is 0 Å². The normalized spacial score (nSPS) is 12.7. The van der Waals surface area contributed by atoms with E-state index in [4.69, 9.17) is 4.52 Å². The number of hydrogen-bond donors (Lipinski definition) is 2. The first-order valence-corrected chi connectivity index (χ1v) is 12.8. The molecule has 0 radical (unpaired) electrons. The highest BCUT2D eigenvalue weighted by molar-refractivity contribution is 7.39. The van der Waals surface area contributed by atoms with Gasteiger partial charge >= 0.3 is 8.60 Å². The van der Waals surface area contributed by atoms with Crippen molar-refractivity contribution in [2.75, 3.05) is 0 Å². The zero-order valence-corrected chi connectivity index (χ0v) is 19.9. The molecule has 3 nitrogen and oxygen atoms in total. The van der Waals surface area contributed by atoms with Gasteiger partial charge in [-0.3, -0.25) is 0 Å². The molecule has 0 spiro atoms. The lowest BCUT2D eigenvalue weighted by molar-refractivity contribution is 0.0175. The number of hydrogen-bond acceptors (Lipinski definition) is 3.